The van der Waals surface area contributed by atoms with Crippen molar-refractivity contribution in [1.82, 2.24) is 0 Å². The van der Waals surface area contributed by atoms with Gasteiger partial charge in [-0.25, -0.2) is 9.59 Å². The van der Waals surface area contributed by atoms with Crippen molar-refractivity contribution in [2.24, 2.45) is 0 Å². The summed E-state index contributed by atoms with van der Waals surface area (Å²) in [5, 5.41) is 10.4. The highest BCUT2D eigenvalue weighted by atomic mass is 16.6. The van der Waals surface area contributed by atoms with Crippen LogP contribution < -0.4 is 15.3 Å². The summed E-state index contributed by atoms with van der Waals surface area (Å²) < 4.78 is 16.5. The summed E-state index contributed by atoms with van der Waals surface area (Å²) in [4.78, 5) is 26.4. The highest BCUT2D eigenvalue weighted by Crippen LogP contribution is 2.40. The van der Waals surface area contributed by atoms with Gasteiger partial charge in [0.2, 0.25) is 0 Å². The van der Waals surface area contributed by atoms with Crippen molar-refractivity contribution in [3.63, 3.8) is 0 Å². The number of ether oxygens (including phenoxy) is 2. The first kappa shape index (κ1) is 16.8. The lowest BCUT2D eigenvalue weighted by Gasteiger charge is -2.45. The number of amides is 1. The Balaban J connectivity index is 2.11. The number of fused-ring (bicyclic) bond motifs is 2. The number of anilines is 1. The standard InChI is InChI=1S/C17H23NO6/c1-9-8-12-14(15(20)22-9)18(16(21)24-17(2,3)4)13-10(19)6-5-7-11(13)23-12/h8,10-11,13,19H,5-7H2,1-4H3. The van der Waals surface area contributed by atoms with E-state index < -0.39 is 29.5 Å². The van der Waals surface area contributed by atoms with Crippen molar-refractivity contribution in [2.75, 3.05) is 4.90 Å². The van der Waals surface area contributed by atoms with Crippen LogP contribution in [0.5, 0.6) is 5.75 Å². The average molecular weight is 337 g/mol. The van der Waals surface area contributed by atoms with Gasteiger partial charge in [-0.3, -0.25) is 4.90 Å². The SMILES string of the molecule is Cc1cc2c(c(=O)o1)N(C(=O)OC(C)(C)C)C1C(O)CCCC1O2. The molecule has 1 amide bonds. The topological polar surface area (TPSA) is 89.2 Å². The Morgan fingerprint density at radius 1 is 1.38 bits per heavy atom. The van der Waals surface area contributed by atoms with Crippen molar-refractivity contribution in [2.45, 2.75) is 70.8 Å². The van der Waals surface area contributed by atoms with Gasteiger partial charge in [-0.05, 0) is 47.0 Å². The molecule has 1 fully saturated rings. The Labute approximate surface area is 140 Å². The number of rotatable bonds is 0. The van der Waals surface area contributed by atoms with E-state index in [1.807, 2.05) is 0 Å². The van der Waals surface area contributed by atoms with Crippen LogP contribution in [0.15, 0.2) is 15.3 Å². The Morgan fingerprint density at radius 3 is 2.75 bits per heavy atom. The van der Waals surface area contributed by atoms with Gasteiger partial charge >= 0.3 is 11.7 Å². The maximum absolute atomic E-state index is 12.8. The summed E-state index contributed by atoms with van der Waals surface area (Å²) in [6.45, 7) is 6.89. The van der Waals surface area contributed by atoms with Crippen LogP contribution >= 0.6 is 0 Å². The third-order valence-corrected chi connectivity index (χ3v) is 4.19. The molecule has 0 aromatic carbocycles. The number of aliphatic hydroxyl groups is 1. The fourth-order valence-electron chi connectivity index (χ4n) is 3.31. The molecule has 1 N–H and O–H groups in total. The predicted molar refractivity (Wildman–Crippen MR) is 86.5 cm³/mol. The van der Waals surface area contributed by atoms with Crippen molar-refractivity contribution in [3.8, 4) is 5.75 Å². The smallest absolute Gasteiger partial charge is 0.415 e. The third-order valence-electron chi connectivity index (χ3n) is 4.19. The highest BCUT2D eigenvalue weighted by molar-refractivity contribution is 5.91. The Morgan fingerprint density at radius 2 is 2.08 bits per heavy atom. The van der Waals surface area contributed by atoms with Gasteiger partial charge in [0.1, 0.15) is 23.5 Å². The second kappa shape index (κ2) is 5.81. The summed E-state index contributed by atoms with van der Waals surface area (Å²) in [5.41, 5.74) is -1.40. The molecule has 7 heteroatoms. The molecule has 3 atom stereocenters. The van der Waals surface area contributed by atoms with Crippen molar-refractivity contribution >= 4 is 11.8 Å². The zero-order valence-electron chi connectivity index (χ0n) is 14.4. The van der Waals surface area contributed by atoms with E-state index in [4.69, 9.17) is 13.9 Å². The molecule has 0 bridgehead atoms. The lowest BCUT2D eigenvalue weighted by Crippen LogP contribution is -2.61. The van der Waals surface area contributed by atoms with Crippen LogP contribution in [0, 0.1) is 6.92 Å². The minimum Gasteiger partial charge on any atom is -0.486 e. The van der Waals surface area contributed by atoms with E-state index in [1.54, 1.807) is 33.8 Å². The zero-order valence-corrected chi connectivity index (χ0v) is 14.4. The van der Waals surface area contributed by atoms with E-state index in [0.29, 0.717) is 24.4 Å². The number of hydrogen-bond acceptors (Lipinski definition) is 6. The van der Waals surface area contributed by atoms with Crippen molar-refractivity contribution < 1.29 is 23.8 Å². The molecule has 0 radical (unpaired) electrons. The number of hydrogen-bond donors (Lipinski definition) is 1. The predicted octanol–water partition coefficient (Wildman–Crippen LogP) is 2.36. The van der Waals surface area contributed by atoms with E-state index in [0.717, 1.165) is 6.42 Å². The fourth-order valence-corrected chi connectivity index (χ4v) is 3.31. The summed E-state index contributed by atoms with van der Waals surface area (Å²) in [7, 11) is 0. The molecule has 0 spiro atoms. The molecule has 0 saturated heterocycles. The monoisotopic (exact) mass is 337 g/mol. The summed E-state index contributed by atoms with van der Waals surface area (Å²) in [5.74, 6) is 0.697. The molecule has 2 heterocycles. The maximum Gasteiger partial charge on any atom is 0.415 e. The second-order valence-corrected chi connectivity index (χ2v) is 7.35. The molecule has 24 heavy (non-hydrogen) atoms. The third kappa shape index (κ3) is 3.00. The highest BCUT2D eigenvalue weighted by Gasteiger charge is 2.48. The van der Waals surface area contributed by atoms with E-state index >= 15 is 0 Å². The Hall–Kier alpha value is -2.02. The first-order valence-electron chi connectivity index (χ1n) is 8.19. The molecular weight excluding hydrogens is 314 g/mol. The van der Waals surface area contributed by atoms with Gasteiger partial charge in [0.05, 0.1) is 6.10 Å². The number of carbonyl (C=O) groups excluding carboxylic acids is 1. The number of nitrogens with zero attached hydrogens (tertiary/aromatic N) is 1. The van der Waals surface area contributed by atoms with Crippen LogP contribution in [0.25, 0.3) is 0 Å². The molecule has 1 saturated carbocycles. The van der Waals surface area contributed by atoms with Crippen LogP contribution in [0.2, 0.25) is 0 Å². The maximum atomic E-state index is 12.8. The van der Waals surface area contributed by atoms with Gasteiger partial charge in [0.25, 0.3) is 0 Å². The van der Waals surface area contributed by atoms with Gasteiger partial charge in [0, 0.05) is 6.07 Å². The van der Waals surface area contributed by atoms with Gasteiger partial charge < -0.3 is 19.0 Å². The summed E-state index contributed by atoms with van der Waals surface area (Å²) in [6, 6.07) is 0.928. The lowest BCUT2D eigenvalue weighted by atomic mass is 9.87. The fraction of sp³-hybridized carbons (Fsp3) is 0.647. The minimum absolute atomic E-state index is 0.00273. The lowest BCUT2D eigenvalue weighted by molar-refractivity contribution is 0.00563. The van der Waals surface area contributed by atoms with E-state index in [-0.39, 0.29) is 11.8 Å². The van der Waals surface area contributed by atoms with Gasteiger partial charge in [-0.2, -0.15) is 0 Å². The van der Waals surface area contributed by atoms with E-state index in [2.05, 4.69) is 0 Å². The van der Waals surface area contributed by atoms with Gasteiger partial charge in [-0.1, -0.05) is 0 Å². The van der Waals surface area contributed by atoms with Crippen LogP contribution in [0.1, 0.15) is 45.8 Å². The molecule has 1 aromatic heterocycles. The van der Waals surface area contributed by atoms with Crippen LogP contribution in [0.4, 0.5) is 10.5 Å². The molecule has 1 aliphatic heterocycles. The number of aliphatic hydroxyl groups excluding tert-OH is 1. The van der Waals surface area contributed by atoms with E-state index in [1.165, 1.54) is 4.90 Å². The number of carbonyl (C=O) groups is 1. The Bertz CT molecular complexity index is 704. The van der Waals surface area contributed by atoms with E-state index in [9.17, 15) is 14.7 Å². The average Bonchev–Trinajstić information content (AvgIpc) is 2.43. The normalized spacial score (nSPS) is 26.2. The Kier molecular flexibility index (Phi) is 4.07. The molecule has 7 nitrogen and oxygen atoms in total. The molecule has 1 aromatic rings. The molecular formula is C17H23NO6. The van der Waals surface area contributed by atoms with Crippen LogP contribution in [-0.4, -0.2) is 35.1 Å². The largest absolute Gasteiger partial charge is 0.486 e. The summed E-state index contributed by atoms with van der Waals surface area (Å²) >= 11 is 0. The van der Waals surface area contributed by atoms with Crippen LogP contribution in [-0.2, 0) is 4.74 Å². The van der Waals surface area contributed by atoms with Crippen LogP contribution in [0.3, 0.4) is 0 Å². The molecule has 2 aliphatic rings. The van der Waals surface area contributed by atoms with Gasteiger partial charge in [-0.15, -0.1) is 0 Å². The van der Waals surface area contributed by atoms with Gasteiger partial charge in [0.15, 0.2) is 11.4 Å². The molecule has 3 unspecified atom stereocenters. The molecule has 1 aliphatic carbocycles. The minimum atomic E-state index is -0.787. The number of aryl methyl sites for hydroxylation is 1. The molecule has 3 rings (SSSR count). The first-order chi connectivity index (χ1) is 11.2. The zero-order chi connectivity index (χ0) is 17.6. The van der Waals surface area contributed by atoms with Crippen molar-refractivity contribution in [1.29, 1.82) is 0 Å². The van der Waals surface area contributed by atoms with Crippen molar-refractivity contribution in [3.05, 3.63) is 22.2 Å². The summed E-state index contributed by atoms with van der Waals surface area (Å²) in [6.07, 6.45) is 0.176. The second-order valence-electron chi connectivity index (χ2n) is 7.35. The molecule has 132 valence electrons. The quantitative estimate of drug-likeness (QED) is 0.782. The first-order valence-corrected chi connectivity index (χ1v) is 8.19.